The highest BCUT2D eigenvalue weighted by atomic mass is 16.6. The van der Waals surface area contributed by atoms with Crippen LogP contribution in [-0.4, -0.2) is 50.2 Å². The topological polar surface area (TPSA) is 88.7 Å². The molecule has 30 heavy (non-hydrogen) atoms. The van der Waals surface area contributed by atoms with Gasteiger partial charge in [0.1, 0.15) is 6.54 Å². The number of hydrogen-bond donors (Lipinski definition) is 0. The number of nitro groups is 1. The molecule has 0 saturated carbocycles. The van der Waals surface area contributed by atoms with E-state index in [-0.39, 0.29) is 42.0 Å². The van der Waals surface area contributed by atoms with Crippen LogP contribution in [0.3, 0.4) is 0 Å². The van der Waals surface area contributed by atoms with Gasteiger partial charge in [-0.25, -0.2) is 0 Å². The number of carbonyl (C=O) groups excluding carboxylic acids is 2. The van der Waals surface area contributed by atoms with Gasteiger partial charge < -0.3 is 14.4 Å². The summed E-state index contributed by atoms with van der Waals surface area (Å²) in [4.78, 5) is 39.9. The second-order valence-electron chi connectivity index (χ2n) is 8.18. The van der Waals surface area contributed by atoms with Crippen LogP contribution in [0.1, 0.15) is 45.0 Å². The molecule has 3 rings (SSSR count). The SMILES string of the molecule is CC(C)C(=O)N(CC(=O)N1CCn2cccc2[C@@H]1c1ccc([N+](=O)[O-])cc1)C(C)C. The number of benzene rings is 1. The third-order valence-corrected chi connectivity index (χ3v) is 5.48. The third-order valence-electron chi connectivity index (χ3n) is 5.48. The Morgan fingerprint density at radius 3 is 2.37 bits per heavy atom. The molecule has 8 nitrogen and oxygen atoms in total. The molecule has 1 atom stereocenters. The van der Waals surface area contributed by atoms with Crippen molar-refractivity contribution < 1.29 is 14.5 Å². The van der Waals surface area contributed by atoms with E-state index in [1.807, 2.05) is 46.0 Å². The Balaban J connectivity index is 1.93. The first-order valence-corrected chi connectivity index (χ1v) is 10.2. The first kappa shape index (κ1) is 21.5. The van der Waals surface area contributed by atoms with Gasteiger partial charge in [0.25, 0.3) is 5.69 Å². The molecule has 1 aliphatic heterocycles. The smallest absolute Gasteiger partial charge is 0.269 e. The summed E-state index contributed by atoms with van der Waals surface area (Å²) in [5.41, 5.74) is 1.77. The summed E-state index contributed by atoms with van der Waals surface area (Å²) < 4.78 is 2.09. The maximum Gasteiger partial charge on any atom is 0.269 e. The average Bonchev–Trinajstić information content (AvgIpc) is 3.19. The second kappa shape index (κ2) is 8.69. The fourth-order valence-electron chi connectivity index (χ4n) is 3.86. The minimum absolute atomic E-state index is 0.0105. The molecule has 1 aromatic heterocycles. The van der Waals surface area contributed by atoms with Gasteiger partial charge in [-0.15, -0.1) is 0 Å². The molecule has 2 amide bonds. The van der Waals surface area contributed by atoms with Gasteiger partial charge in [0.05, 0.1) is 11.0 Å². The molecule has 2 aromatic rings. The van der Waals surface area contributed by atoms with Crippen molar-refractivity contribution in [2.45, 2.75) is 46.3 Å². The lowest BCUT2D eigenvalue weighted by Gasteiger charge is -2.39. The van der Waals surface area contributed by atoms with Gasteiger partial charge in [-0.3, -0.25) is 19.7 Å². The van der Waals surface area contributed by atoms with E-state index in [0.29, 0.717) is 13.1 Å². The molecule has 0 saturated heterocycles. The minimum atomic E-state index is -0.436. The van der Waals surface area contributed by atoms with Gasteiger partial charge in [-0.05, 0) is 43.7 Å². The van der Waals surface area contributed by atoms with Gasteiger partial charge in [-0.1, -0.05) is 13.8 Å². The zero-order valence-electron chi connectivity index (χ0n) is 17.8. The highest BCUT2D eigenvalue weighted by molar-refractivity contribution is 5.86. The van der Waals surface area contributed by atoms with Crippen molar-refractivity contribution in [1.29, 1.82) is 0 Å². The molecule has 0 unspecified atom stereocenters. The standard InChI is InChI=1S/C22H28N4O4/c1-15(2)22(28)25(16(3)4)14-20(27)24-13-12-23-11-5-6-19(23)21(24)17-7-9-18(10-8-17)26(29)30/h5-11,15-16,21H,12-14H2,1-4H3/t21-/m0/s1. The van der Waals surface area contributed by atoms with E-state index in [0.717, 1.165) is 11.3 Å². The fourth-order valence-corrected chi connectivity index (χ4v) is 3.86. The molecule has 1 aliphatic rings. The molecule has 2 heterocycles. The summed E-state index contributed by atoms with van der Waals surface area (Å²) in [7, 11) is 0. The van der Waals surface area contributed by atoms with E-state index >= 15 is 0 Å². The van der Waals surface area contributed by atoms with Crippen LogP contribution in [-0.2, 0) is 16.1 Å². The van der Waals surface area contributed by atoms with Crippen molar-refractivity contribution in [3.63, 3.8) is 0 Å². The van der Waals surface area contributed by atoms with Crippen LogP contribution in [0.5, 0.6) is 0 Å². The van der Waals surface area contributed by atoms with Gasteiger partial charge in [0.2, 0.25) is 11.8 Å². The van der Waals surface area contributed by atoms with Crippen LogP contribution in [0.4, 0.5) is 5.69 Å². The lowest BCUT2D eigenvalue weighted by molar-refractivity contribution is -0.384. The molecular weight excluding hydrogens is 384 g/mol. The predicted molar refractivity (Wildman–Crippen MR) is 113 cm³/mol. The normalized spacial score (nSPS) is 15.9. The maximum atomic E-state index is 13.3. The molecule has 0 fully saturated rings. The van der Waals surface area contributed by atoms with Crippen molar-refractivity contribution in [3.8, 4) is 0 Å². The zero-order chi connectivity index (χ0) is 22.0. The summed E-state index contributed by atoms with van der Waals surface area (Å²) in [5.74, 6) is -0.372. The summed E-state index contributed by atoms with van der Waals surface area (Å²) in [6, 6.07) is 9.78. The van der Waals surface area contributed by atoms with Crippen LogP contribution in [0.25, 0.3) is 0 Å². The van der Waals surface area contributed by atoms with Crippen LogP contribution >= 0.6 is 0 Å². The first-order valence-electron chi connectivity index (χ1n) is 10.2. The molecule has 0 N–H and O–H groups in total. The van der Waals surface area contributed by atoms with E-state index in [9.17, 15) is 19.7 Å². The molecule has 160 valence electrons. The second-order valence-corrected chi connectivity index (χ2v) is 8.18. The van der Waals surface area contributed by atoms with E-state index in [1.54, 1.807) is 21.9 Å². The number of carbonyl (C=O) groups is 2. The fraction of sp³-hybridized carbons (Fsp3) is 0.455. The molecule has 1 aromatic carbocycles. The number of amides is 2. The molecular formula is C22H28N4O4. The van der Waals surface area contributed by atoms with Gasteiger partial charge in [0.15, 0.2) is 0 Å². The van der Waals surface area contributed by atoms with Crippen molar-refractivity contribution >= 4 is 17.5 Å². The largest absolute Gasteiger partial charge is 0.348 e. The van der Waals surface area contributed by atoms with Crippen LogP contribution < -0.4 is 0 Å². The monoisotopic (exact) mass is 412 g/mol. The van der Waals surface area contributed by atoms with E-state index in [1.165, 1.54) is 12.1 Å². The number of rotatable bonds is 6. The highest BCUT2D eigenvalue weighted by Gasteiger charge is 2.34. The number of nitro benzene ring substituents is 1. The summed E-state index contributed by atoms with van der Waals surface area (Å²) in [6.45, 7) is 8.65. The first-order chi connectivity index (χ1) is 14.2. The predicted octanol–water partition coefficient (Wildman–Crippen LogP) is 3.22. The molecule has 0 aliphatic carbocycles. The summed E-state index contributed by atoms with van der Waals surface area (Å²) in [6.07, 6.45) is 1.97. The van der Waals surface area contributed by atoms with Gasteiger partial charge >= 0.3 is 0 Å². The Labute approximate surface area is 176 Å². The average molecular weight is 412 g/mol. The number of nitrogens with zero attached hydrogens (tertiary/aromatic N) is 4. The van der Waals surface area contributed by atoms with Crippen LogP contribution in [0.2, 0.25) is 0 Å². The Morgan fingerprint density at radius 2 is 1.80 bits per heavy atom. The Kier molecular flexibility index (Phi) is 6.24. The Bertz CT molecular complexity index is 933. The molecule has 8 heteroatoms. The Hall–Kier alpha value is -3.16. The summed E-state index contributed by atoms with van der Waals surface area (Å²) in [5, 5.41) is 11.0. The van der Waals surface area contributed by atoms with Crippen LogP contribution in [0.15, 0.2) is 42.6 Å². The number of aromatic nitrogens is 1. The van der Waals surface area contributed by atoms with Crippen molar-refractivity contribution in [1.82, 2.24) is 14.4 Å². The maximum absolute atomic E-state index is 13.3. The minimum Gasteiger partial charge on any atom is -0.348 e. The lowest BCUT2D eigenvalue weighted by Crippen LogP contribution is -2.50. The lowest BCUT2D eigenvalue weighted by atomic mass is 9.99. The van der Waals surface area contributed by atoms with Crippen molar-refractivity contribution in [2.24, 2.45) is 5.92 Å². The van der Waals surface area contributed by atoms with Crippen molar-refractivity contribution in [2.75, 3.05) is 13.1 Å². The zero-order valence-corrected chi connectivity index (χ0v) is 17.8. The Morgan fingerprint density at radius 1 is 1.13 bits per heavy atom. The number of hydrogen-bond acceptors (Lipinski definition) is 4. The van der Waals surface area contributed by atoms with E-state index in [4.69, 9.17) is 0 Å². The molecule has 0 bridgehead atoms. The molecule has 0 spiro atoms. The van der Waals surface area contributed by atoms with Crippen LogP contribution in [0, 0.1) is 16.0 Å². The van der Waals surface area contributed by atoms with Crippen molar-refractivity contribution in [3.05, 3.63) is 64.0 Å². The van der Waals surface area contributed by atoms with Gasteiger partial charge in [-0.2, -0.15) is 0 Å². The van der Waals surface area contributed by atoms with Gasteiger partial charge in [0, 0.05) is 49.1 Å². The third kappa shape index (κ3) is 4.22. The van der Waals surface area contributed by atoms with E-state index in [2.05, 4.69) is 4.57 Å². The van der Waals surface area contributed by atoms with E-state index < -0.39 is 4.92 Å². The summed E-state index contributed by atoms with van der Waals surface area (Å²) >= 11 is 0. The quantitative estimate of drug-likeness (QED) is 0.538. The number of fused-ring (bicyclic) bond motifs is 1. The molecule has 0 radical (unpaired) electrons. The highest BCUT2D eigenvalue weighted by Crippen LogP contribution is 2.33. The number of non-ortho nitro benzene ring substituents is 1.